The molecule has 0 aliphatic carbocycles. The van der Waals surface area contributed by atoms with Crippen LogP contribution in [0.25, 0.3) is 10.6 Å². The molecule has 6 heteroatoms. The zero-order valence-electron chi connectivity index (χ0n) is 11.1. The quantitative estimate of drug-likeness (QED) is 0.931. The molecule has 1 saturated heterocycles. The minimum atomic E-state index is -0.898. The number of ether oxygens (including phenoxy) is 1. The number of aromatic nitrogens is 1. The molecule has 0 amide bonds. The summed E-state index contributed by atoms with van der Waals surface area (Å²) in [5, 5.41) is 13.6. The zero-order valence-corrected chi connectivity index (χ0v) is 12.7. The molecule has 3 heterocycles. The van der Waals surface area contributed by atoms with Gasteiger partial charge in [0, 0.05) is 17.4 Å². The fourth-order valence-corrected chi connectivity index (χ4v) is 4.20. The Bertz CT molecular complexity index is 626. The van der Waals surface area contributed by atoms with Gasteiger partial charge in [-0.1, -0.05) is 0 Å². The summed E-state index contributed by atoms with van der Waals surface area (Å²) in [6.07, 6.45) is 3.26. The van der Waals surface area contributed by atoms with E-state index >= 15 is 0 Å². The molecule has 1 atom stereocenters. The van der Waals surface area contributed by atoms with Crippen LogP contribution in [0.1, 0.15) is 41.6 Å². The maximum atomic E-state index is 10.9. The highest BCUT2D eigenvalue weighted by molar-refractivity contribution is 7.14. The SMILES string of the molecule is CC1(c2nc(-c3cc(C(=O)O)cs3)cs2)CCCCO1. The third-order valence-corrected chi connectivity index (χ3v) is 5.56. The van der Waals surface area contributed by atoms with E-state index in [1.165, 1.54) is 11.3 Å². The lowest BCUT2D eigenvalue weighted by molar-refractivity contribution is -0.0701. The van der Waals surface area contributed by atoms with E-state index in [4.69, 9.17) is 9.84 Å². The van der Waals surface area contributed by atoms with Crippen LogP contribution >= 0.6 is 22.7 Å². The largest absolute Gasteiger partial charge is 0.478 e. The van der Waals surface area contributed by atoms with Crippen molar-refractivity contribution in [1.82, 2.24) is 4.98 Å². The van der Waals surface area contributed by atoms with Crippen LogP contribution in [0.4, 0.5) is 0 Å². The molecular weight excluding hydrogens is 294 g/mol. The molecule has 106 valence electrons. The number of nitrogens with zero attached hydrogens (tertiary/aromatic N) is 1. The van der Waals surface area contributed by atoms with Crippen molar-refractivity contribution >= 4 is 28.6 Å². The molecule has 1 unspecified atom stereocenters. The molecule has 0 bridgehead atoms. The summed E-state index contributed by atoms with van der Waals surface area (Å²) >= 11 is 3.00. The smallest absolute Gasteiger partial charge is 0.336 e. The molecule has 4 nitrogen and oxygen atoms in total. The lowest BCUT2D eigenvalue weighted by Crippen LogP contribution is -2.29. The fraction of sp³-hybridized carbons (Fsp3) is 0.429. The van der Waals surface area contributed by atoms with Gasteiger partial charge in [0.2, 0.25) is 0 Å². The van der Waals surface area contributed by atoms with E-state index in [1.807, 2.05) is 5.38 Å². The van der Waals surface area contributed by atoms with Crippen LogP contribution < -0.4 is 0 Å². The standard InChI is InChI=1S/C14H15NO3S2/c1-14(4-2-3-5-18-14)13-15-10(8-20-13)11-6-9(7-19-11)12(16)17/h6-8H,2-5H2,1H3,(H,16,17). The molecule has 2 aromatic rings. The third-order valence-electron chi connectivity index (χ3n) is 3.52. The second-order valence-electron chi connectivity index (χ2n) is 5.08. The van der Waals surface area contributed by atoms with Crippen molar-refractivity contribution in [3.05, 3.63) is 27.4 Å². The maximum Gasteiger partial charge on any atom is 0.336 e. The number of rotatable bonds is 3. The topological polar surface area (TPSA) is 59.4 Å². The molecule has 1 N–H and O–H groups in total. The van der Waals surface area contributed by atoms with E-state index in [0.29, 0.717) is 5.56 Å². The Labute approximate surface area is 125 Å². The molecule has 1 aliphatic heterocycles. The van der Waals surface area contributed by atoms with E-state index < -0.39 is 5.97 Å². The van der Waals surface area contributed by atoms with Crippen molar-refractivity contribution in [2.45, 2.75) is 31.8 Å². The van der Waals surface area contributed by atoms with Crippen molar-refractivity contribution < 1.29 is 14.6 Å². The number of thiophene rings is 1. The van der Waals surface area contributed by atoms with Crippen molar-refractivity contribution in [3.8, 4) is 10.6 Å². The Morgan fingerprint density at radius 3 is 2.90 bits per heavy atom. The summed E-state index contributed by atoms with van der Waals surface area (Å²) in [6, 6.07) is 1.68. The Hall–Kier alpha value is -1.24. The van der Waals surface area contributed by atoms with Crippen LogP contribution in [0.3, 0.4) is 0 Å². The van der Waals surface area contributed by atoms with Crippen LogP contribution in [0, 0.1) is 0 Å². The normalized spacial score (nSPS) is 22.9. The van der Waals surface area contributed by atoms with Gasteiger partial charge in [-0.05, 0) is 32.3 Å². The Morgan fingerprint density at radius 2 is 2.25 bits per heavy atom. The average molecular weight is 309 g/mol. The van der Waals surface area contributed by atoms with Crippen LogP contribution in [-0.4, -0.2) is 22.7 Å². The van der Waals surface area contributed by atoms with E-state index in [0.717, 1.165) is 41.4 Å². The first kappa shape index (κ1) is 13.7. The highest BCUT2D eigenvalue weighted by Crippen LogP contribution is 2.38. The molecule has 0 saturated carbocycles. The van der Waals surface area contributed by atoms with Crippen LogP contribution in [0.2, 0.25) is 0 Å². The fourth-order valence-electron chi connectivity index (χ4n) is 2.32. The zero-order chi connectivity index (χ0) is 14.2. The highest BCUT2D eigenvalue weighted by Gasteiger charge is 2.33. The monoisotopic (exact) mass is 309 g/mol. The van der Waals surface area contributed by atoms with Crippen LogP contribution in [-0.2, 0) is 10.3 Å². The first-order valence-electron chi connectivity index (χ1n) is 6.51. The summed E-state index contributed by atoms with van der Waals surface area (Å²) in [7, 11) is 0. The van der Waals surface area contributed by atoms with E-state index in [-0.39, 0.29) is 5.60 Å². The van der Waals surface area contributed by atoms with Gasteiger partial charge < -0.3 is 9.84 Å². The number of thiazole rings is 1. The first-order chi connectivity index (χ1) is 9.58. The molecule has 0 aromatic carbocycles. The highest BCUT2D eigenvalue weighted by atomic mass is 32.1. The number of hydrogen-bond donors (Lipinski definition) is 1. The van der Waals surface area contributed by atoms with Gasteiger partial charge in [-0.25, -0.2) is 9.78 Å². The second kappa shape index (κ2) is 5.27. The molecule has 1 fully saturated rings. The molecular formula is C14H15NO3S2. The van der Waals surface area contributed by atoms with Gasteiger partial charge in [0.1, 0.15) is 10.6 Å². The van der Waals surface area contributed by atoms with Crippen molar-refractivity contribution in [3.63, 3.8) is 0 Å². The van der Waals surface area contributed by atoms with Gasteiger partial charge >= 0.3 is 5.97 Å². The van der Waals surface area contributed by atoms with E-state index in [1.54, 1.807) is 22.8 Å². The predicted molar refractivity (Wildman–Crippen MR) is 79.5 cm³/mol. The van der Waals surface area contributed by atoms with Gasteiger partial charge in [0.15, 0.2) is 0 Å². The van der Waals surface area contributed by atoms with Gasteiger partial charge in [-0.3, -0.25) is 0 Å². The number of hydrogen-bond acceptors (Lipinski definition) is 5. The lowest BCUT2D eigenvalue weighted by Gasteiger charge is -2.31. The van der Waals surface area contributed by atoms with Gasteiger partial charge in [-0.15, -0.1) is 22.7 Å². The van der Waals surface area contributed by atoms with Crippen LogP contribution in [0.5, 0.6) is 0 Å². The number of carboxylic acid groups (broad SMARTS) is 1. The van der Waals surface area contributed by atoms with Crippen LogP contribution in [0.15, 0.2) is 16.8 Å². The summed E-state index contributed by atoms with van der Waals surface area (Å²) in [6.45, 7) is 2.87. The lowest BCUT2D eigenvalue weighted by atomic mass is 9.97. The van der Waals surface area contributed by atoms with Crippen molar-refractivity contribution in [1.29, 1.82) is 0 Å². The number of aromatic carboxylic acids is 1. The molecule has 2 aromatic heterocycles. The van der Waals surface area contributed by atoms with Gasteiger partial charge in [0.25, 0.3) is 0 Å². The number of carboxylic acids is 1. The molecule has 0 radical (unpaired) electrons. The van der Waals surface area contributed by atoms with Crippen molar-refractivity contribution in [2.24, 2.45) is 0 Å². The minimum absolute atomic E-state index is 0.284. The third kappa shape index (κ3) is 2.51. The number of carbonyl (C=O) groups is 1. The first-order valence-corrected chi connectivity index (χ1v) is 8.26. The summed E-state index contributed by atoms with van der Waals surface area (Å²) in [5.74, 6) is -0.898. The predicted octanol–water partition coefficient (Wildman–Crippen LogP) is 3.99. The minimum Gasteiger partial charge on any atom is -0.478 e. The second-order valence-corrected chi connectivity index (χ2v) is 6.85. The molecule has 1 aliphatic rings. The molecule has 20 heavy (non-hydrogen) atoms. The average Bonchev–Trinajstić information content (AvgIpc) is 3.09. The summed E-state index contributed by atoms with van der Waals surface area (Å²) < 4.78 is 5.90. The molecule has 0 spiro atoms. The Balaban J connectivity index is 1.87. The van der Waals surface area contributed by atoms with Gasteiger partial charge in [0.05, 0.1) is 16.1 Å². The maximum absolute atomic E-state index is 10.9. The van der Waals surface area contributed by atoms with E-state index in [9.17, 15) is 4.79 Å². The van der Waals surface area contributed by atoms with Crippen molar-refractivity contribution in [2.75, 3.05) is 6.61 Å². The van der Waals surface area contributed by atoms with E-state index in [2.05, 4.69) is 11.9 Å². The Kier molecular flexibility index (Phi) is 3.62. The molecule has 3 rings (SSSR count). The van der Waals surface area contributed by atoms with Gasteiger partial charge in [-0.2, -0.15) is 0 Å². The Morgan fingerprint density at radius 1 is 1.40 bits per heavy atom. The summed E-state index contributed by atoms with van der Waals surface area (Å²) in [4.78, 5) is 16.5. The summed E-state index contributed by atoms with van der Waals surface area (Å²) in [5.41, 5.74) is 0.881.